The van der Waals surface area contributed by atoms with Gasteiger partial charge in [-0.3, -0.25) is 0 Å². The minimum atomic E-state index is 0.349. The summed E-state index contributed by atoms with van der Waals surface area (Å²) in [6.07, 6.45) is 1.12. The first-order valence-corrected chi connectivity index (χ1v) is 8.71. The van der Waals surface area contributed by atoms with Crippen molar-refractivity contribution in [2.45, 2.75) is 37.9 Å². The molecule has 0 aliphatic rings. The predicted molar refractivity (Wildman–Crippen MR) is 94.8 cm³/mol. The second-order valence-electron chi connectivity index (χ2n) is 5.29. The zero-order valence-electron chi connectivity index (χ0n) is 12.2. The van der Waals surface area contributed by atoms with Crippen molar-refractivity contribution in [3.63, 3.8) is 0 Å². The molecule has 0 heterocycles. The fourth-order valence-corrected chi connectivity index (χ4v) is 4.26. The van der Waals surface area contributed by atoms with Gasteiger partial charge < -0.3 is 0 Å². The number of alkyl halides is 1. The van der Waals surface area contributed by atoms with Crippen LogP contribution in [0.4, 0.5) is 0 Å². The van der Waals surface area contributed by atoms with E-state index >= 15 is 0 Å². The standard InChI is InChI=1S/C18H20Br2/c1-4-15(14-8-6-5-7-9-14)18(20)16-10-13(3)17(19)11-12(16)2/h5-11,15,18H,4H2,1-3H3. The Morgan fingerprint density at radius 1 is 1.00 bits per heavy atom. The number of aryl methyl sites for hydroxylation is 2. The first-order chi connectivity index (χ1) is 9.54. The van der Waals surface area contributed by atoms with Crippen LogP contribution < -0.4 is 0 Å². The molecule has 0 amide bonds. The summed E-state index contributed by atoms with van der Waals surface area (Å²) >= 11 is 7.56. The van der Waals surface area contributed by atoms with Gasteiger partial charge in [0.2, 0.25) is 0 Å². The zero-order valence-corrected chi connectivity index (χ0v) is 15.3. The van der Waals surface area contributed by atoms with E-state index in [4.69, 9.17) is 0 Å². The maximum atomic E-state index is 3.94. The first kappa shape index (κ1) is 15.8. The lowest BCUT2D eigenvalue weighted by Crippen LogP contribution is -2.07. The van der Waals surface area contributed by atoms with Gasteiger partial charge in [-0.05, 0) is 48.6 Å². The topological polar surface area (TPSA) is 0 Å². The molecule has 0 aliphatic heterocycles. The lowest BCUT2D eigenvalue weighted by Gasteiger charge is -2.24. The summed E-state index contributed by atoms with van der Waals surface area (Å²) in [5.41, 5.74) is 5.41. The van der Waals surface area contributed by atoms with Gasteiger partial charge in [0.25, 0.3) is 0 Å². The fraction of sp³-hybridized carbons (Fsp3) is 0.333. The van der Waals surface area contributed by atoms with Gasteiger partial charge in [0.05, 0.1) is 0 Å². The van der Waals surface area contributed by atoms with Crippen LogP contribution in [0.15, 0.2) is 46.9 Å². The van der Waals surface area contributed by atoms with Crippen LogP contribution in [0.5, 0.6) is 0 Å². The Morgan fingerprint density at radius 2 is 1.65 bits per heavy atom. The minimum absolute atomic E-state index is 0.349. The molecule has 0 saturated carbocycles. The molecular weight excluding hydrogens is 376 g/mol. The summed E-state index contributed by atoms with van der Waals surface area (Å²) in [5, 5.41) is 0. The maximum absolute atomic E-state index is 3.94. The minimum Gasteiger partial charge on any atom is -0.0832 e. The molecule has 0 aromatic heterocycles. The lowest BCUT2D eigenvalue weighted by atomic mass is 9.88. The van der Waals surface area contributed by atoms with E-state index < -0.39 is 0 Å². The number of rotatable bonds is 4. The Kier molecular flexibility index (Phi) is 5.45. The molecule has 0 nitrogen and oxygen atoms in total. The van der Waals surface area contributed by atoms with Crippen molar-refractivity contribution in [3.8, 4) is 0 Å². The fourth-order valence-electron chi connectivity index (χ4n) is 2.63. The van der Waals surface area contributed by atoms with Gasteiger partial charge in [-0.25, -0.2) is 0 Å². The average Bonchev–Trinajstić information content (AvgIpc) is 2.44. The van der Waals surface area contributed by atoms with E-state index in [1.165, 1.54) is 26.7 Å². The molecule has 20 heavy (non-hydrogen) atoms. The highest BCUT2D eigenvalue weighted by Gasteiger charge is 2.22. The van der Waals surface area contributed by atoms with Gasteiger partial charge in [-0.2, -0.15) is 0 Å². The molecule has 2 atom stereocenters. The summed E-state index contributed by atoms with van der Waals surface area (Å²) in [6.45, 7) is 6.59. The normalized spacial score (nSPS) is 14.1. The van der Waals surface area contributed by atoms with Crippen molar-refractivity contribution in [1.82, 2.24) is 0 Å². The van der Waals surface area contributed by atoms with Gasteiger partial charge in [0, 0.05) is 15.2 Å². The highest BCUT2D eigenvalue weighted by Crippen LogP contribution is 2.42. The molecule has 0 radical (unpaired) electrons. The Bertz CT molecular complexity index is 575. The van der Waals surface area contributed by atoms with Crippen LogP contribution in [0.3, 0.4) is 0 Å². The zero-order chi connectivity index (χ0) is 14.7. The molecule has 2 aromatic rings. The van der Waals surface area contributed by atoms with Crippen molar-refractivity contribution in [3.05, 3.63) is 69.2 Å². The molecule has 2 aromatic carbocycles. The molecule has 2 rings (SSSR count). The quantitative estimate of drug-likeness (QED) is 0.505. The third-order valence-corrected chi connectivity index (χ3v) is 5.85. The van der Waals surface area contributed by atoms with Crippen LogP contribution in [0, 0.1) is 13.8 Å². The highest BCUT2D eigenvalue weighted by molar-refractivity contribution is 9.10. The molecule has 106 valence electrons. The van der Waals surface area contributed by atoms with E-state index in [2.05, 4.69) is 95.1 Å². The Labute approximate surface area is 138 Å². The molecule has 0 bridgehead atoms. The molecule has 2 unspecified atom stereocenters. The largest absolute Gasteiger partial charge is 0.0832 e. The molecule has 2 heteroatoms. The number of halogens is 2. The predicted octanol–water partition coefficient (Wildman–Crippen LogP) is 6.70. The Morgan fingerprint density at radius 3 is 2.25 bits per heavy atom. The van der Waals surface area contributed by atoms with Crippen LogP contribution in [0.25, 0.3) is 0 Å². The van der Waals surface area contributed by atoms with Gasteiger partial charge >= 0.3 is 0 Å². The van der Waals surface area contributed by atoms with E-state index in [0.29, 0.717) is 10.7 Å². The monoisotopic (exact) mass is 394 g/mol. The van der Waals surface area contributed by atoms with E-state index in [0.717, 1.165) is 6.42 Å². The van der Waals surface area contributed by atoms with Crippen LogP contribution >= 0.6 is 31.9 Å². The Hall–Kier alpha value is -0.600. The first-order valence-electron chi connectivity index (χ1n) is 7.00. The van der Waals surface area contributed by atoms with Crippen molar-refractivity contribution >= 4 is 31.9 Å². The summed E-state index contributed by atoms with van der Waals surface area (Å²) < 4.78 is 1.19. The van der Waals surface area contributed by atoms with Crippen molar-refractivity contribution in [2.75, 3.05) is 0 Å². The van der Waals surface area contributed by atoms with Crippen molar-refractivity contribution in [2.24, 2.45) is 0 Å². The average molecular weight is 396 g/mol. The van der Waals surface area contributed by atoms with Crippen LogP contribution in [0.2, 0.25) is 0 Å². The maximum Gasteiger partial charge on any atom is 0.0466 e. The SMILES string of the molecule is CCC(c1ccccc1)C(Br)c1cc(C)c(Br)cc1C. The van der Waals surface area contributed by atoms with E-state index in [1.54, 1.807) is 0 Å². The third-order valence-electron chi connectivity index (χ3n) is 3.87. The molecule has 0 aliphatic carbocycles. The smallest absolute Gasteiger partial charge is 0.0466 e. The van der Waals surface area contributed by atoms with E-state index in [9.17, 15) is 0 Å². The van der Waals surface area contributed by atoms with Crippen LogP contribution in [-0.4, -0.2) is 0 Å². The van der Waals surface area contributed by atoms with Crippen molar-refractivity contribution in [1.29, 1.82) is 0 Å². The van der Waals surface area contributed by atoms with Crippen molar-refractivity contribution < 1.29 is 0 Å². The number of hydrogen-bond acceptors (Lipinski definition) is 0. The van der Waals surface area contributed by atoms with Crippen LogP contribution in [0.1, 0.15) is 46.3 Å². The molecule has 0 spiro atoms. The van der Waals surface area contributed by atoms with E-state index in [-0.39, 0.29) is 0 Å². The second-order valence-corrected chi connectivity index (χ2v) is 7.13. The van der Waals surface area contributed by atoms with E-state index in [1.807, 2.05) is 0 Å². The summed E-state index contributed by atoms with van der Waals surface area (Å²) in [4.78, 5) is 0.349. The third kappa shape index (κ3) is 3.35. The molecule has 0 fully saturated rings. The lowest BCUT2D eigenvalue weighted by molar-refractivity contribution is 0.652. The molecule has 0 N–H and O–H groups in total. The van der Waals surface area contributed by atoms with Gasteiger partial charge in [-0.1, -0.05) is 75.2 Å². The number of hydrogen-bond donors (Lipinski definition) is 0. The van der Waals surface area contributed by atoms with Crippen LogP contribution in [-0.2, 0) is 0 Å². The summed E-state index contributed by atoms with van der Waals surface area (Å²) in [5.74, 6) is 0.496. The summed E-state index contributed by atoms with van der Waals surface area (Å²) in [7, 11) is 0. The van der Waals surface area contributed by atoms with Gasteiger partial charge in [0.15, 0.2) is 0 Å². The Balaban J connectivity index is 2.39. The second kappa shape index (κ2) is 6.91. The van der Waals surface area contributed by atoms with Gasteiger partial charge in [0.1, 0.15) is 0 Å². The number of benzene rings is 2. The molecular formula is C18H20Br2. The summed E-state index contributed by atoms with van der Waals surface area (Å²) in [6, 6.07) is 15.3. The highest BCUT2D eigenvalue weighted by atomic mass is 79.9. The van der Waals surface area contributed by atoms with Gasteiger partial charge in [-0.15, -0.1) is 0 Å². The molecule has 0 saturated heterocycles.